The van der Waals surface area contributed by atoms with Crippen molar-refractivity contribution in [1.82, 2.24) is 0 Å². The number of ether oxygens (including phenoxy) is 1. The van der Waals surface area contributed by atoms with E-state index in [9.17, 15) is 8.42 Å². The van der Waals surface area contributed by atoms with Crippen LogP contribution in [0.3, 0.4) is 0 Å². The Bertz CT molecular complexity index is 389. The van der Waals surface area contributed by atoms with E-state index in [0.717, 1.165) is 25.7 Å². The molecule has 0 aromatic carbocycles. The zero-order valence-corrected chi connectivity index (χ0v) is 14.8. The Hall–Kier alpha value is 0.200. The third-order valence-corrected chi connectivity index (χ3v) is 6.17. The van der Waals surface area contributed by atoms with Crippen molar-refractivity contribution >= 4 is 19.7 Å². The van der Waals surface area contributed by atoms with Gasteiger partial charge in [-0.2, -0.15) is 0 Å². The zero-order valence-electron chi connectivity index (χ0n) is 13.2. The third kappa shape index (κ3) is 5.90. The number of hydrogen-bond acceptors (Lipinski definition) is 3. The number of rotatable bonds is 7. The van der Waals surface area contributed by atoms with E-state index >= 15 is 0 Å². The summed E-state index contributed by atoms with van der Waals surface area (Å²) in [6.45, 7) is 9.12. The minimum absolute atomic E-state index is 0.00671. The third-order valence-electron chi connectivity index (χ3n) is 4.89. The standard InChI is InChI=1S/C15H29ClO3S/c1-5-15(6-2,12-20(16,17)18)11-19-13-7-9-14(3,4)10-8-13/h13H,5-12H2,1-4H3. The molecule has 5 heteroatoms. The SMILES string of the molecule is CCC(CC)(COC1CCC(C)(C)CC1)CS(=O)(=O)Cl. The van der Waals surface area contributed by atoms with Crippen LogP contribution in [-0.4, -0.2) is 26.9 Å². The van der Waals surface area contributed by atoms with Crippen LogP contribution in [0.1, 0.15) is 66.2 Å². The maximum Gasteiger partial charge on any atom is 0.233 e. The van der Waals surface area contributed by atoms with Crippen molar-refractivity contribution in [3.05, 3.63) is 0 Å². The van der Waals surface area contributed by atoms with Gasteiger partial charge in [0, 0.05) is 16.1 Å². The van der Waals surface area contributed by atoms with Crippen molar-refractivity contribution in [2.24, 2.45) is 10.8 Å². The summed E-state index contributed by atoms with van der Waals surface area (Å²) in [6.07, 6.45) is 6.32. The van der Waals surface area contributed by atoms with Gasteiger partial charge in [-0.15, -0.1) is 0 Å². The van der Waals surface area contributed by atoms with Crippen LogP contribution in [-0.2, 0) is 13.8 Å². The Morgan fingerprint density at radius 3 is 2.10 bits per heavy atom. The summed E-state index contributed by atoms with van der Waals surface area (Å²) < 4.78 is 28.9. The average molecular weight is 325 g/mol. The van der Waals surface area contributed by atoms with Gasteiger partial charge in [-0.1, -0.05) is 27.7 Å². The lowest BCUT2D eigenvalue weighted by atomic mass is 9.76. The van der Waals surface area contributed by atoms with Gasteiger partial charge < -0.3 is 4.74 Å². The first-order chi connectivity index (χ1) is 9.11. The Morgan fingerprint density at radius 2 is 1.70 bits per heavy atom. The Morgan fingerprint density at radius 1 is 1.20 bits per heavy atom. The van der Waals surface area contributed by atoms with E-state index in [1.807, 2.05) is 13.8 Å². The molecule has 0 saturated heterocycles. The molecular formula is C15H29ClO3S. The van der Waals surface area contributed by atoms with Crippen LogP contribution in [0.4, 0.5) is 0 Å². The topological polar surface area (TPSA) is 43.4 Å². The molecule has 0 aromatic rings. The van der Waals surface area contributed by atoms with E-state index in [0.29, 0.717) is 12.0 Å². The summed E-state index contributed by atoms with van der Waals surface area (Å²) in [7, 11) is 1.97. The molecule has 0 heterocycles. The molecule has 1 aliphatic rings. The summed E-state index contributed by atoms with van der Waals surface area (Å²) in [5.41, 5.74) is 0.0828. The Kier molecular flexibility index (Phi) is 6.36. The van der Waals surface area contributed by atoms with Gasteiger partial charge in [0.15, 0.2) is 0 Å². The van der Waals surface area contributed by atoms with Gasteiger partial charge >= 0.3 is 0 Å². The molecular weight excluding hydrogens is 296 g/mol. The van der Waals surface area contributed by atoms with Crippen LogP contribution in [0.15, 0.2) is 0 Å². The van der Waals surface area contributed by atoms with Gasteiger partial charge in [-0.25, -0.2) is 8.42 Å². The highest BCUT2D eigenvalue weighted by atomic mass is 35.7. The molecule has 0 atom stereocenters. The molecule has 0 radical (unpaired) electrons. The first-order valence-electron chi connectivity index (χ1n) is 7.65. The minimum atomic E-state index is -3.49. The monoisotopic (exact) mass is 324 g/mol. The molecule has 0 spiro atoms. The van der Waals surface area contributed by atoms with Gasteiger partial charge in [0.1, 0.15) is 0 Å². The molecule has 1 saturated carbocycles. The quantitative estimate of drug-likeness (QED) is 0.654. The van der Waals surface area contributed by atoms with Crippen LogP contribution in [0.25, 0.3) is 0 Å². The smallest absolute Gasteiger partial charge is 0.233 e. The van der Waals surface area contributed by atoms with Crippen LogP contribution < -0.4 is 0 Å². The second-order valence-electron chi connectivity index (χ2n) is 7.06. The largest absolute Gasteiger partial charge is 0.378 e. The molecule has 1 aliphatic carbocycles. The predicted molar refractivity (Wildman–Crippen MR) is 84.6 cm³/mol. The lowest BCUT2D eigenvalue weighted by Gasteiger charge is -2.37. The predicted octanol–water partition coefficient (Wildman–Crippen LogP) is 4.35. The lowest BCUT2D eigenvalue weighted by Crippen LogP contribution is -2.36. The van der Waals surface area contributed by atoms with Gasteiger partial charge in [-0.3, -0.25) is 0 Å². The normalized spacial score (nSPS) is 21.1. The molecule has 0 N–H and O–H groups in total. The maximum absolute atomic E-state index is 11.4. The fourth-order valence-electron chi connectivity index (χ4n) is 2.90. The van der Waals surface area contributed by atoms with E-state index in [2.05, 4.69) is 13.8 Å². The number of halogens is 1. The first kappa shape index (κ1) is 18.2. The molecule has 0 unspecified atom stereocenters. The summed E-state index contributed by atoms with van der Waals surface area (Å²) >= 11 is 0. The van der Waals surface area contributed by atoms with E-state index < -0.39 is 9.05 Å². The van der Waals surface area contributed by atoms with Crippen molar-refractivity contribution in [1.29, 1.82) is 0 Å². The average Bonchev–Trinajstić information content (AvgIpc) is 2.34. The molecule has 1 rings (SSSR count). The maximum atomic E-state index is 11.4. The molecule has 0 bridgehead atoms. The van der Waals surface area contributed by atoms with Crippen molar-refractivity contribution in [3.8, 4) is 0 Å². The molecule has 20 heavy (non-hydrogen) atoms. The Labute approximate surface area is 128 Å². The highest BCUT2D eigenvalue weighted by Gasteiger charge is 2.34. The van der Waals surface area contributed by atoms with E-state index in [4.69, 9.17) is 15.4 Å². The van der Waals surface area contributed by atoms with Gasteiger partial charge in [0.05, 0.1) is 18.5 Å². The van der Waals surface area contributed by atoms with Gasteiger partial charge in [-0.05, 0) is 43.9 Å². The second kappa shape index (κ2) is 6.97. The van der Waals surface area contributed by atoms with E-state index in [1.165, 1.54) is 12.8 Å². The second-order valence-corrected chi connectivity index (χ2v) is 9.84. The fourth-order valence-corrected chi connectivity index (χ4v) is 4.82. The van der Waals surface area contributed by atoms with E-state index in [1.54, 1.807) is 0 Å². The van der Waals surface area contributed by atoms with Crippen molar-refractivity contribution in [2.45, 2.75) is 72.3 Å². The summed E-state index contributed by atoms with van der Waals surface area (Å²) in [4.78, 5) is 0. The van der Waals surface area contributed by atoms with Crippen molar-refractivity contribution in [2.75, 3.05) is 12.4 Å². The molecule has 0 amide bonds. The van der Waals surface area contributed by atoms with Gasteiger partial charge in [0.2, 0.25) is 9.05 Å². The highest BCUT2D eigenvalue weighted by Crippen LogP contribution is 2.37. The summed E-state index contributed by atoms with van der Waals surface area (Å²) in [6, 6.07) is 0. The summed E-state index contributed by atoms with van der Waals surface area (Å²) in [5.74, 6) is 0.00671. The molecule has 3 nitrogen and oxygen atoms in total. The van der Waals surface area contributed by atoms with Crippen LogP contribution in [0.5, 0.6) is 0 Å². The molecule has 1 fully saturated rings. The molecule has 120 valence electrons. The van der Waals surface area contributed by atoms with Crippen LogP contribution in [0.2, 0.25) is 0 Å². The number of hydrogen-bond donors (Lipinski definition) is 0. The zero-order chi connectivity index (χ0) is 15.4. The Balaban J connectivity index is 2.56. The fraction of sp³-hybridized carbons (Fsp3) is 1.00. The first-order valence-corrected chi connectivity index (χ1v) is 10.1. The molecule has 0 aromatic heterocycles. The van der Waals surface area contributed by atoms with Crippen LogP contribution in [0, 0.1) is 10.8 Å². The van der Waals surface area contributed by atoms with Gasteiger partial charge in [0.25, 0.3) is 0 Å². The van der Waals surface area contributed by atoms with Crippen molar-refractivity contribution in [3.63, 3.8) is 0 Å². The van der Waals surface area contributed by atoms with Crippen molar-refractivity contribution < 1.29 is 13.2 Å². The summed E-state index contributed by atoms with van der Waals surface area (Å²) in [5, 5.41) is 0. The lowest BCUT2D eigenvalue weighted by molar-refractivity contribution is -0.0363. The molecule has 0 aliphatic heterocycles. The highest BCUT2D eigenvalue weighted by molar-refractivity contribution is 8.13. The minimum Gasteiger partial charge on any atom is -0.378 e. The van der Waals surface area contributed by atoms with E-state index in [-0.39, 0.29) is 17.3 Å². The van der Waals surface area contributed by atoms with Crippen LogP contribution >= 0.6 is 10.7 Å².